The summed E-state index contributed by atoms with van der Waals surface area (Å²) in [5.41, 5.74) is -1.03. The van der Waals surface area contributed by atoms with Crippen molar-refractivity contribution in [1.82, 2.24) is 9.97 Å². The summed E-state index contributed by atoms with van der Waals surface area (Å²) in [6.45, 7) is 0. The van der Waals surface area contributed by atoms with Crippen LogP contribution in [-0.2, 0) is 10.0 Å². The van der Waals surface area contributed by atoms with Gasteiger partial charge in [-0.05, 0) is 31.0 Å². The van der Waals surface area contributed by atoms with E-state index >= 15 is 4.39 Å². The van der Waals surface area contributed by atoms with Crippen LogP contribution >= 0.6 is 0 Å². The fraction of sp³-hybridized carbons (Fsp3) is 0.333. The normalized spacial score (nSPS) is 15.2. The fourth-order valence-electron chi connectivity index (χ4n) is 3.96. The van der Waals surface area contributed by atoms with Gasteiger partial charge in [-0.15, -0.1) is 0 Å². The van der Waals surface area contributed by atoms with Crippen LogP contribution in [0.2, 0.25) is 0 Å². The molecule has 4 rings (SSSR count). The summed E-state index contributed by atoms with van der Waals surface area (Å²) in [4.78, 5) is 20.0. The third kappa shape index (κ3) is 3.87. The molecular formula is C21H21F2N3O4S. The van der Waals surface area contributed by atoms with E-state index in [1.54, 1.807) is 0 Å². The first-order valence-electron chi connectivity index (χ1n) is 9.88. The highest BCUT2D eigenvalue weighted by atomic mass is 32.2. The van der Waals surface area contributed by atoms with E-state index in [9.17, 15) is 17.6 Å². The second kappa shape index (κ2) is 8.26. The minimum Gasteiger partial charge on any atom is -0.496 e. The van der Waals surface area contributed by atoms with Crippen LogP contribution < -0.4 is 9.46 Å². The molecule has 2 aromatic heterocycles. The highest BCUT2D eigenvalue weighted by Crippen LogP contribution is 2.32. The van der Waals surface area contributed by atoms with Gasteiger partial charge in [-0.2, -0.15) is 0 Å². The zero-order valence-electron chi connectivity index (χ0n) is 16.7. The number of H-pyrrole nitrogens is 1. The van der Waals surface area contributed by atoms with Gasteiger partial charge in [0.1, 0.15) is 17.2 Å². The second-order valence-corrected chi connectivity index (χ2v) is 9.42. The molecule has 1 aromatic carbocycles. The Bertz CT molecular complexity index is 1250. The van der Waals surface area contributed by atoms with Gasteiger partial charge in [-0.1, -0.05) is 19.3 Å². The number of aromatic nitrogens is 2. The Labute approximate surface area is 177 Å². The monoisotopic (exact) mass is 449 g/mol. The maximum absolute atomic E-state index is 15.2. The first kappa shape index (κ1) is 21.2. The zero-order chi connectivity index (χ0) is 22.2. The van der Waals surface area contributed by atoms with Crippen LogP contribution in [0.4, 0.5) is 14.5 Å². The molecule has 10 heteroatoms. The molecule has 0 bridgehead atoms. The van der Waals surface area contributed by atoms with Crippen LogP contribution in [0.3, 0.4) is 0 Å². The van der Waals surface area contributed by atoms with Gasteiger partial charge in [-0.25, -0.2) is 22.2 Å². The minimum absolute atomic E-state index is 0.0370. The lowest BCUT2D eigenvalue weighted by atomic mass is 10.0. The Morgan fingerprint density at radius 1 is 1.19 bits per heavy atom. The average molecular weight is 449 g/mol. The van der Waals surface area contributed by atoms with Gasteiger partial charge in [-0.3, -0.25) is 9.52 Å². The molecule has 0 spiro atoms. The predicted octanol–water partition coefficient (Wildman–Crippen LogP) is 4.16. The number of rotatable bonds is 6. The largest absolute Gasteiger partial charge is 0.496 e. The van der Waals surface area contributed by atoms with Crippen molar-refractivity contribution in [3.8, 4) is 5.75 Å². The maximum Gasteiger partial charge on any atom is 0.235 e. The molecule has 1 fully saturated rings. The Morgan fingerprint density at radius 3 is 2.65 bits per heavy atom. The highest BCUT2D eigenvalue weighted by Gasteiger charge is 2.30. The molecule has 0 amide bonds. The number of benzene rings is 1. The summed E-state index contributed by atoms with van der Waals surface area (Å²) in [5.74, 6) is -3.00. The Morgan fingerprint density at radius 2 is 1.94 bits per heavy atom. The lowest BCUT2D eigenvalue weighted by molar-refractivity contribution is 0.103. The number of halogens is 2. The molecule has 0 radical (unpaired) electrons. The standard InChI is InChI=1S/C21H21F2N3O4S/c1-30-16-9-10-24-21-17(16)13(11-25-21)20(27)18-14(22)7-8-15(19(18)23)26-31(28,29)12-5-3-2-4-6-12/h7-12,26H,2-6H2,1H3,(H,24,25). The average Bonchev–Trinajstić information content (AvgIpc) is 3.21. The van der Waals surface area contributed by atoms with E-state index in [-0.39, 0.29) is 10.9 Å². The molecule has 0 atom stereocenters. The van der Waals surface area contributed by atoms with Crippen molar-refractivity contribution < 1.29 is 26.7 Å². The van der Waals surface area contributed by atoms with Crippen LogP contribution in [0.5, 0.6) is 5.75 Å². The number of methoxy groups -OCH3 is 1. The number of ether oxygens (including phenoxy) is 1. The quantitative estimate of drug-likeness (QED) is 0.551. The number of carbonyl (C=O) groups is 1. The topological polar surface area (TPSA) is 101 Å². The van der Waals surface area contributed by atoms with Gasteiger partial charge >= 0.3 is 0 Å². The Hall–Kier alpha value is -3.01. The smallest absolute Gasteiger partial charge is 0.235 e. The number of aromatic amines is 1. The lowest BCUT2D eigenvalue weighted by Gasteiger charge is -2.22. The van der Waals surface area contributed by atoms with E-state index in [0.29, 0.717) is 24.2 Å². The molecule has 164 valence electrons. The molecule has 31 heavy (non-hydrogen) atoms. The van der Waals surface area contributed by atoms with E-state index in [1.807, 2.05) is 0 Å². The number of nitrogens with one attached hydrogen (secondary N) is 2. The van der Waals surface area contributed by atoms with Gasteiger partial charge in [0.25, 0.3) is 0 Å². The van der Waals surface area contributed by atoms with Crippen molar-refractivity contribution in [2.24, 2.45) is 0 Å². The van der Waals surface area contributed by atoms with E-state index in [4.69, 9.17) is 4.74 Å². The summed E-state index contributed by atoms with van der Waals surface area (Å²) in [5, 5.41) is -0.365. The third-order valence-electron chi connectivity index (χ3n) is 5.56. The van der Waals surface area contributed by atoms with E-state index in [0.717, 1.165) is 31.4 Å². The fourth-order valence-corrected chi connectivity index (χ4v) is 5.55. The molecule has 0 saturated heterocycles. The summed E-state index contributed by atoms with van der Waals surface area (Å²) in [7, 11) is -2.47. The zero-order valence-corrected chi connectivity index (χ0v) is 17.6. The molecule has 1 aliphatic carbocycles. The summed E-state index contributed by atoms with van der Waals surface area (Å²) >= 11 is 0. The van der Waals surface area contributed by atoms with E-state index < -0.39 is 43.9 Å². The summed E-state index contributed by atoms with van der Waals surface area (Å²) < 4.78 is 62.6. The lowest BCUT2D eigenvalue weighted by Crippen LogP contribution is -2.30. The molecular weight excluding hydrogens is 428 g/mol. The third-order valence-corrected chi connectivity index (χ3v) is 7.41. The molecule has 2 N–H and O–H groups in total. The number of anilines is 1. The van der Waals surface area contributed by atoms with Gasteiger partial charge in [0.2, 0.25) is 15.8 Å². The van der Waals surface area contributed by atoms with E-state index in [1.165, 1.54) is 25.6 Å². The SMILES string of the molecule is COc1ccnc2[nH]cc(C(=O)c3c(F)ccc(NS(=O)(=O)C4CCCCC4)c3F)c12. The van der Waals surface area contributed by atoms with Gasteiger partial charge in [0.15, 0.2) is 5.82 Å². The molecule has 7 nitrogen and oxygen atoms in total. The van der Waals surface area contributed by atoms with Crippen molar-refractivity contribution in [2.45, 2.75) is 37.4 Å². The van der Waals surface area contributed by atoms with Crippen LogP contribution in [-0.4, -0.2) is 36.5 Å². The van der Waals surface area contributed by atoms with Crippen molar-refractivity contribution in [2.75, 3.05) is 11.8 Å². The van der Waals surface area contributed by atoms with Gasteiger partial charge in [0, 0.05) is 12.4 Å². The number of hydrogen-bond acceptors (Lipinski definition) is 5. The highest BCUT2D eigenvalue weighted by molar-refractivity contribution is 7.93. The molecule has 1 aliphatic rings. The number of nitrogens with zero attached hydrogens (tertiary/aromatic N) is 1. The number of hydrogen-bond donors (Lipinski definition) is 2. The number of sulfonamides is 1. The van der Waals surface area contributed by atoms with Crippen molar-refractivity contribution in [1.29, 1.82) is 0 Å². The second-order valence-electron chi connectivity index (χ2n) is 7.46. The van der Waals surface area contributed by atoms with Crippen LogP contribution in [0.25, 0.3) is 11.0 Å². The molecule has 0 aliphatic heterocycles. The maximum atomic E-state index is 15.2. The van der Waals surface area contributed by atoms with Crippen molar-refractivity contribution in [3.63, 3.8) is 0 Å². The van der Waals surface area contributed by atoms with Crippen LogP contribution in [0.15, 0.2) is 30.6 Å². The van der Waals surface area contributed by atoms with Gasteiger partial charge < -0.3 is 9.72 Å². The van der Waals surface area contributed by atoms with Crippen molar-refractivity contribution >= 4 is 32.5 Å². The number of carbonyl (C=O) groups excluding carboxylic acids is 1. The first-order valence-corrected chi connectivity index (χ1v) is 11.4. The molecule has 3 aromatic rings. The number of ketones is 1. The Kier molecular flexibility index (Phi) is 5.65. The minimum atomic E-state index is -3.87. The molecule has 1 saturated carbocycles. The van der Waals surface area contributed by atoms with E-state index in [2.05, 4.69) is 14.7 Å². The Balaban J connectivity index is 1.74. The summed E-state index contributed by atoms with van der Waals surface area (Å²) in [6.07, 6.45) is 6.22. The van der Waals surface area contributed by atoms with Crippen LogP contribution in [0, 0.1) is 11.6 Å². The number of fused-ring (bicyclic) bond motifs is 1. The predicted molar refractivity (Wildman–Crippen MR) is 112 cm³/mol. The molecule has 0 unspecified atom stereocenters. The van der Waals surface area contributed by atoms with Gasteiger partial charge in [0.05, 0.1) is 34.6 Å². The molecule has 2 heterocycles. The first-order chi connectivity index (χ1) is 14.8. The number of pyridine rings is 1. The van der Waals surface area contributed by atoms with Crippen LogP contribution in [0.1, 0.15) is 48.0 Å². The summed E-state index contributed by atoms with van der Waals surface area (Å²) in [6, 6.07) is 3.38. The van der Waals surface area contributed by atoms with Crippen molar-refractivity contribution in [3.05, 3.63) is 53.4 Å².